The molecule has 0 saturated heterocycles. The van der Waals surface area contributed by atoms with Crippen molar-refractivity contribution in [2.75, 3.05) is 11.9 Å². The summed E-state index contributed by atoms with van der Waals surface area (Å²) in [5.41, 5.74) is 3.99. The number of fused-ring (bicyclic) bond motifs is 1. The summed E-state index contributed by atoms with van der Waals surface area (Å²) >= 11 is 0. The van der Waals surface area contributed by atoms with Gasteiger partial charge in [0.15, 0.2) is 5.65 Å². The van der Waals surface area contributed by atoms with Crippen LogP contribution in [0, 0.1) is 13.8 Å². The molecule has 4 rings (SSSR count). The van der Waals surface area contributed by atoms with Crippen LogP contribution >= 0.6 is 0 Å². The van der Waals surface area contributed by atoms with Gasteiger partial charge in [-0.2, -0.15) is 17.7 Å². The average Bonchev–Trinajstić information content (AvgIpc) is 3.20. The first-order chi connectivity index (χ1) is 14.8. The molecule has 0 saturated carbocycles. The minimum absolute atomic E-state index is 0.0485. The summed E-state index contributed by atoms with van der Waals surface area (Å²) < 4.78 is 40.2. The second-order valence-electron chi connectivity index (χ2n) is 7.24. The van der Waals surface area contributed by atoms with Gasteiger partial charge in [0.1, 0.15) is 5.82 Å². The van der Waals surface area contributed by atoms with Crippen molar-refractivity contribution < 1.29 is 18.3 Å². The van der Waals surface area contributed by atoms with Gasteiger partial charge in [-0.25, -0.2) is 0 Å². The molecule has 9 heteroatoms. The van der Waals surface area contributed by atoms with Crippen LogP contribution in [0.3, 0.4) is 0 Å². The molecule has 1 atom stereocenters. The van der Waals surface area contributed by atoms with E-state index in [9.17, 15) is 18.3 Å². The van der Waals surface area contributed by atoms with E-state index in [4.69, 9.17) is 0 Å². The number of rotatable bonds is 5. The van der Waals surface area contributed by atoms with Gasteiger partial charge in [0.25, 0.3) is 5.82 Å². The highest BCUT2D eigenvalue weighted by molar-refractivity contribution is 5.63. The molecule has 2 N–H and O–H groups in total. The monoisotopic (exact) mass is 427 g/mol. The lowest BCUT2D eigenvalue weighted by Crippen LogP contribution is -2.17. The molecule has 2 aromatic heterocycles. The molecule has 0 amide bonds. The van der Waals surface area contributed by atoms with Crippen molar-refractivity contribution in [3.8, 4) is 11.1 Å². The van der Waals surface area contributed by atoms with Crippen LogP contribution in [0.4, 0.5) is 19.0 Å². The topological polar surface area (TPSA) is 75.3 Å². The number of aliphatic hydroxyl groups is 1. The Balaban J connectivity index is 1.54. The van der Waals surface area contributed by atoms with Crippen LogP contribution in [0.1, 0.15) is 28.6 Å². The van der Waals surface area contributed by atoms with E-state index in [0.717, 1.165) is 11.1 Å². The van der Waals surface area contributed by atoms with E-state index in [1.807, 2.05) is 54.6 Å². The van der Waals surface area contributed by atoms with E-state index in [1.54, 1.807) is 13.8 Å². The molecular formula is C22H20F3N5O. The number of alkyl halides is 3. The predicted octanol–water partition coefficient (Wildman–Crippen LogP) is 4.57. The number of nitrogens with one attached hydrogen (secondary N) is 1. The van der Waals surface area contributed by atoms with Crippen LogP contribution in [0.25, 0.3) is 16.8 Å². The number of benzene rings is 2. The normalized spacial score (nSPS) is 12.8. The Morgan fingerprint density at radius 2 is 1.58 bits per heavy atom. The van der Waals surface area contributed by atoms with Crippen molar-refractivity contribution in [1.82, 2.24) is 19.8 Å². The Morgan fingerprint density at radius 3 is 2.23 bits per heavy atom. The Bertz CT molecular complexity index is 1200. The molecular weight excluding hydrogens is 407 g/mol. The van der Waals surface area contributed by atoms with Crippen molar-refractivity contribution in [2.45, 2.75) is 26.1 Å². The molecule has 0 bridgehead atoms. The number of hydrogen-bond acceptors (Lipinski definition) is 5. The van der Waals surface area contributed by atoms with Crippen molar-refractivity contribution in [1.29, 1.82) is 0 Å². The molecule has 6 nitrogen and oxygen atoms in total. The van der Waals surface area contributed by atoms with Gasteiger partial charge in [-0.1, -0.05) is 54.6 Å². The van der Waals surface area contributed by atoms with E-state index < -0.39 is 18.1 Å². The molecule has 0 fully saturated rings. The van der Waals surface area contributed by atoms with Gasteiger partial charge in [0.2, 0.25) is 0 Å². The fourth-order valence-electron chi connectivity index (χ4n) is 3.31. The number of hydrogen-bond donors (Lipinski definition) is 2. The molecule has 4 aromatic rings. The fourth-order valence-corrected chi connectivity index (χ4v) is 3.31. The minimum atomic E-state index is -4.68. The van der Waals surface area contributed by atoms with Gasteiger partial charge in [-0.15, -0.1) is 15.3 Å². The maximum absolute atomic E-state index is 13.2. The molecule has 31 heavy (non-hydrogen) atoms. The summed E-state index contributed by atoms with van der Waals surface area (Å²) in [5, 5.41) is 24.4. The first-order valence-electron chi connectivity index (χ1n) is 9.63. The Kier molecular flexibility index (Phi) is 5.36. The smallest absolute Gasteiger partial charge is 0.387 e. The lowest BCUT2D eigenvalue weighted by Gasteiger charge is -2.16. The first-order valence-corrected chi connectivity index (χ1v) is 9.63. The molecule has 1 unspecified atom stereocenters. The summed E-state index contributed by atoms with van der Waals surface area (Å²) in [7, 11) is 0. The number of nitrogens with zero attached hydrogens (tertiary/aromatic N) is 4. The number of aliphatic hydroxyl groups excluding tert-OH is 1. The zero-order valence-electron chi connectivity index (χ0n) is 16.9. The second-order valence-corrected chi connectivity index (χ2v) is 7.24. The summed E-state index contributed by atoms with van der Waals surface area (Å²) in [4.78, 5) is 0. The minimum Gasteiger partial charge on any atom is -0.387 e. The third-order valence-corrected chi connectivity index (χ3v) is 5.21. The summed E-state index contributed by atoms with van der Waals surface area (Å²) in [6.45, 7) is 3.46. The van der Waals surface area contributed by atoms with Crippen molar-refractivity contribution in [2.24, 2.45) is 0 Å². The highest BCUT2D eigenvalue weighted by Crippen LogP contribution is 2.30. The summed E-state index contributed by atoms with van der Waals surface area (Å²) in [6, 6.07) is 17.3. The number of anilines is 1. The zero-order chi connectivity index (χ0) is 22.2. The standard InChI is InChI=1S/C22H20F3N5O/c1-13-14(2)20-27-28-21(22(23,24)25)30(20)29-19(13)26-12-18(31)17-10-8-16(9-11-17)15-6-4-3-5-7-15/h3-11,18,31H,12H2,1-2H3,(H,26,29). The Hall–Kier alpha value is -3.46. The summed E-state index contributed by atoms with van der Waals surface area (Å²) in [6.07, 6.45) is -5.55. The van der Waals surface area contributed by atoms with Crippen LogP contribution in [0.15, 0.2) is 54.6 Å². The highest BCUT2D eigenvalue weighted by atomic mass is 19.4. The van der Waals surface area contributed by atoms with Crippen LogP contribution in [0.2, 0.25) is 0 Å². The van der Waals surface area contributed by atoms with Gasteiger partial charge in [-0.05, 0) is 36.1 Å². The van der Waals surface area contributed by atoms with Gasteiger partial charge < -0.3 is 10.4 Å². The first kappa shape index (κ1) is 20.8. The molecule has 2 aromatic carbocycles. The van der Waals surface area contributed by atoms with Crippen LogP contribution < -0.4 is 5.32 Å². The number of halogens is 3. The highest BCUT2D eigenvalue weighted by Gasteiger charge is 2.38. The third-order valence-electron chi connectivity index (χ3n) is 5.21. The van der Waals surface area contributed by atoms with Crippen molar-refractivity contribution in [3.63, 3.8) is 0 Å². The van der Waals surface area contributed by atoms with Gasteiger partial charge >= 0.3 is 6.18 Å². The van der Waals surface area contributed by atoms with E-state index in [-0.39, 0.29) is 18.0 Å². The van der Waals surface area contributed by atoms with E-state index >= 15 is 0 Å². The maximum Gasteiger partial charge on any atom is 0.453 e. The maximum atomic E-state index is 13.2. The lowest BCUT2D eigenvalue weighted by molar-refractivity contribution is -0.146. The number of aryl methyl sites for hydroxylation is 1. The molecule has 0 radical (unpaired) electrons. The van der Waals surface area contributed by atoms with E-state index in [2.05, 4.69) is 20.6 Å². The second kappa shape index (κ2) is 7.99. The summed E-state index contributed by atoms with van der Waals surface area (Å²) in [5.74, 6) is -0.957. The fraction of sp³-hybridized carbons (Fsp3) is 0.227. The molecule has 0 aliphatic carbocycles. The lowest BCUT2D eigenvalue weighted by atomic mass is 10.0. The SMILES string of the molecule is Cc1c(NCC(O)c2ccc(-c3ccccc3)cc2)nn2c(C(F)(F)F)nnc2c1C. The van der Waals surface area contributed by atoms with Crippen molar-refractivity contribution in [3.05, 3.63) is 77.1 Å². The average molecular weight is 427 g/mol. The number of aromatic nitrogens is 4. The van der Waals surface area contributed by atoms with Gasteiger partial charge in [0, 0.05) is 12.1 Å². The Morgan fingerprint density at radius 1 is 0.935 bits per heavy atom. The molecule has 160 valence electrons. The molecule has 2 heterocycles. The van der Waals surface area contributed by atoms with Gasteiger partial charge in [-0.3, -0.25) is 0 Å². The van der Waals surface area contributed by atoms with E-state index in [0.29, 0.717) is 21.2 Å². The third kappa shape index (κ3) is 4.09. The van der Waals surface area contributed by atoms with Gasteiger partial charge in [0.05, 0.1) is 6.10 Å². The van der Waals surface area contributed by atoms with Crippen LogP contribution in [-0.4, -0.2) is 31.5 Å². The molecule has 0 aliphatic heterocycles. The molecule has 0 spiro atoms. The van der Waals surface area contributed by atoms with Crippen molar-refractivity contribution >= 4 is 11.5 Å². The van der Waals surface area contributed by atoms with Crippen LogP contribution in [0.5, 0.6) is 0 Å². The van der Waals surface area contributed by atoms with Crippen LogP contribution in [-0.2, 0) is 6.18 Å². The predicted molar refractivity (Wildman–Crippen MR) is 111 cm³/mol. The zero-order valence-corrected chi connectivity index (χ0v) is 16.9. The largest absolute Gasteiger partial charge is 0.453 e. The quantitative estimate of drug-likeness (QED) is 0.488. The molecule has 0 aliphatic rings. The Labute approximate surface area is 176 Å². The van der Waals surface area contributed by atoms with E-state index in [1.165, 1.54) is 0 Å².